The van der Waals surface area contributed by atoms with E-state index in [9.17, 15) is 0 Å². The fourth-order valence-corrected chi connectivity index (χ4v) is 2.25. The first-order valence-electron chi connectivity index (χ1n) is 6.15. The van der Waals surface area contributed by atoms with Gasteiger partial charge in [-0.15, -0.1) is 0 Å². The van der Waals surface area contributed by atoms with Crippen molar-refractivity contribution in [3.63, 3.8) is 0 Å². The maximum Gasteiger partial charge on any atom is 0.129 e. The molecule has 1 N–H and O–H groups in total. The molecule has 0 aromatic carbocycles. The summed E-state index contributed by atoms with van der Waals surface area (Å²) in [6.07, 6.45) is 9.74. The van der Waals surface area contributed by atoms with Crippen LogP contribution in [0.5, 0.6) is 5.75 Å². The minimum atomic E-state index is 0.585. The van der Waals surface area contributed by atoms with Gasteiger partial charge in [-0.2, -0.15) is 0 Å². The molecule has 0 radical (unpaired) electrons. The van der Waals surface area contributed by atoms with Gasteiger partial charge >= 0.3 is 0 Å². The Kier molecular flexibility index (Phi) is 4.03. The van der Waals surface area contributed by atoms with E-state index in [0.29, 0.717) is 6.04 Å². The van der Waals surface area contributed by atoms with Crippen LogP contribution in [0.1, 0.15) is 38.5 Å². The number of rotatable bonds is 3. The second kappa shape index (κ2) is 5.73. The SMILES string of the molecule is COc1ccnc(NC2CCCCCC2)c1. The zero-order valence-corrected chi connectivity index (χ0v) is 9.91. The molecule has 0 aliphatic heterocycles. The Hall–Kier alpha value is -1.25. The summed E-state index contributed by atoms with van der Waals surface area (Å²) in [5.41, 5.74) is 0. The predicted molar refractivity (Wildman–Crippen MR) is 65.9 cm³/mol. The molecule has 88 valence electrons. The summed E-state index contributed by atoms with van der Waals surface area (Å²) in [6.45, 7) is 0. The summed E-state index contributed by atoms with van der Waals surface area (Å²) in [5, 5.41) is 3.50. The number of aromatic nitrogens is 1. The minimum Gasteiger partial charge on any atom is -0.497 e. The van der Waals surface area contributed by atoms with Gasteiger partial charge in [0.15, 0.2) is 0 Å². The van der Waals surface area contributed by atoms with Crippen LogP contribution in [0.4, 0.5) is 5.82 Å². The number of nitrogens with one attached hydrogen (secondary N) is 1. The van der Waals surface area contributed by atoms with Crippen molar-refractivity contribution in [2.75, 3.05) is 12.4 Å². The standard InChI is InChI=1S/C13H20N2O/c1-16-12-8-9-14-13(10-12)15-11-6-4-2-3-5-7-11/h8-11H,2-7H2,1H3,(H,14,15). The minimum absolute atomic E-state index is 0.585. The maximum atomic E-state index is 5.19. The number of hydrogen-bond donors (Lipinski definition) is 1. The lowest BCUT2D eigenvalue weighted by molar-refractivity contribution is 0.414. The number of pyridine rings is 1. The third kappa shape index (κ3) is 3.12. The Morgan fingerprint density at radius 1 is 1.25 bits per heavy atom. The molecule has 0 spiro atoms. The summed E-state index contributed by atoms with van der Waals surface area (Å²) in [6, 6.07) is 4.42. The molecule has 0 atom stereocenters. The maximum absolute atomic E-state index is 5.19. The van der Waals surface area contributed by atoms with Crippen LogP contribution >= 0.6 is 0 Å². The molecule has 3 nitrogen and oxygen atoms in total. The third-order valence-corrected chi connectivity index (χ3v) is 3.17. The third-order valence-electron chi connectivity index (χ3n) is 3.17. The molecular formula is C13H20N2O. The Bertz CT molecular complexity index is 319. The number of hydrogen-bond acceptors (Lipinski definition) is 3. The molecule has 1 aliphatic rings. The fourth-order valence-electron chi connectivity index (χ4n) is 2.25. The van der Waals surface area contributed by atoms with Crippen LogP contribution < -0.4 is 10.1 Å². The number of methoxy groups -OCH3 is 1. The number of nitrogens with zero attached hydrogens (tertiary/aromatic N) is 1. The van der Waals surface area contributed by atoms with Gasteiger partial charge in [0.1, 0.15) is 11.6 Å². The van der Waals surface area contributed by atoms with E-state index in [1.54, 1.807) is 13.3 Å². The number of ether oxygens (including phenoxy) is 1. The van der Waals surface area contributed by atoms with E-state index >= 15 is 0 Å². The second-order valence-electron chi connectivity index (χ2n) is 4.41. The van der Waals surface area contributed by atoms with Gasteiger partial charge in [-0.3, -0.25) is 0 Å². The Labute approximate surface area is 97.2 Å². The van der Waals surface area contributed by atoms with Gasteiger partial charge < -0.3 is 10.1 Å². The van der Waals surface area contributed by atoms with Crippen molar-refractivity contribution < 1.29 is 4.74 Å². The summed E-state index contributed by atoms with van der Waals surface area (Å²) in [7, 11) is 1.69. The van der Waals surface area contributed by atoms with Crippen molar-refractivity contribution in [1.29, 1.82) is 0 Å². The van der Waals surface area contributed by atoms with Gasteiger partial charge in [0.05, 0.1) is 7.11 Å². The van der Waals surface area contributed by atoms with Crippen molar-refractivity contribution in [1.82, 2.24) is 4.98 Å². The van der Waals surface area contributed by atoms with Crippen LogP contribution in [-0.2, 0) is 0 Å². The summed E-state index contributed by atoms with van der Waals surface area (Å²) in [5.74, 6) is 1.80. The molecule has 1 saturated carbocycles. The Morgan fingerprint density at radius 2 is 2.00 bits per heavy atom. The Balaban J connectivity index is 1.96. The van der Waals surface area contributed by atoms with Crippen molar-refractivity contribution in [3.05, 3.63) is 18.3 Å². The molecule has 2 rings (SSSR count). The van der Waals surface area contributed by atoms with E-state index in [2.05, 4.69) is 10.3 Å². The highest BCUT2D eigenvalue weighted by molar-refractivity contribution is 5.41. The van der Waals surface area contributed by atoms with Crippen molar-refractivity contribution in [2.45, 2.75) is 44.6 Å². The van der Waals surface area contributed by atoms with Gasteiger partial charge in [-0.1, -0.05) is 25.7 Å². The van der Waals surface area contributed by atoms with Crippen LogP contribution in [0.25, 0.3) is 0 Å². The highest BCUT2D eigenvalue weighted by Gasteiger charge is 2.12. The second-order valence-corrected chi connectivity index (χ2v) is 4.41. The summed E-state index contributed by atoms with van der Waals surface area (Å²) >= 11 is 0. The van der Waals surface area contributed by atoms with Crippen molar-refractivity contribution in [2.24, 2.45) is 0 Å². The molecule has 0 saturated heterocycles. The first kappa shape index (κ1) is 11.2. The molecule has 1 heterocycles. The normalized spacial score (nSPS) is 17.8. The highest BCUT2D eigenvalue weighted by atomic mass is 16.5. The smallest absolute Gasteiger partial charge is 0.129 e. The van der Waals surface area contributed by atoms with Crippen LogP contribution in [0.15, 0.2) is 18.3 Å². The zero-order chi connectivity index (χ0) is 11.2. The predicted octanol–water partition coefficient (Wildman–Crippen LogP) is 3.22. The topological polar surface area (TPSA) is 34.1 Å². The van der Waals surface area contributed by atoms with Crippen LogP contribution in [0, 0.1) is 0 Å². The monoisotopic (exact) mass is 220 g/mol. The number of anilines is 1. The van der Waals surface area contributed by atoms with Gasteiger partial charge in [0.25, 0.3) is 0 Å². The van der Waals surface area contributed by atoms with Gasteiger partial charge in [-0.25, -0.2) is 4.98 Å². The molecule has 0 unspecified atom stereocenters. The van der Waals surface area contributed by atoms with Gasteiger partial charge in [0, 0.05) is 18.3 Å². The molecule has 1 aromatic heterocycles. The lowest BCUT2D eigenvalue weighted by Crippen LogP contribution is -2.18. The van der Waals surface area contributed by atoms with Crippen LogP contribution in [0.2, 0.25) is 0 Å². The first-order chi connectivity index (χ1) is 7.88. The van der Waals surface area contributed by atoms with Gasteiger partial charge in [0.2, 0.25) is 0 Å². The summed E-state index contributed by atoms with van der Waals surface area (Å²) in [4.78, 5) is 4.32. The lowest BCUT2D eigenvalue weighted by atomic mass is 10.1. The quantitative estimate of drug-likeness (QED) is 0.794. The molecule has 1 aromatic rings. The van der Waals surface area contributed by atoms with E-state index in [1.807, 2.05) is 12.1 Å². The van der Waals surface area contributed by atoms with Gasteiger partial charge in [-0.05, 0) is 18.9 Å². The zero-order valence-electron chi connectivity index (χ0n) is 9.91. The molecule has 0 amide bonds. The molecule has 1 aliphatic carbocycles. The molecular weight excluding hydrogens is 200 g/mol. The lowest BCUT2D eigenvalue weighted by Gasteiger charge is -2.17. The van der Waals surface area contributed by atoms with Crippen LogP contribution in [-0.4, -0.2) is 18.1 Å². The van der Waals surface area contributed by atoms with E-state index in [4.69, 9.17) is 4.74 Å². The molecule has 1 fully saturated rings. The van der Waals surface area contributed by atoms with E-state index in [0.717, 1.165) is 11.6 Å². The summed E-state index contributed by atoms with van der Waals surface area (Å²) < 4.78 is 5.19. The molecule has 3 heteroatoms. The molecule has 16 heavy (non-hydrogen) atoms. The largest absolute Gasteiger partial charge is 0.497 e. The fraction of sp³-hybridized carbons (Fsp3) is 0.615. The average molecular weight is 220 g/mol. The van der Waals surface area contributed by atoms with Crippen molar-refractivity contribution >= 4 is 5.82 Å². The Morgan fingerprint density at radius 3 is 2.69 bits per heavy atom. The first-order valence-corrected chi connectivity index (χ1v) is 6.15. The van der Waals surface area contributed by atoms with Crippen molar-refractivity contribution in [3.8, 4) is 5.75 Å². The molecule has 0 bridgehead atoms. The van der Waals surface area contributed by atoms with E-state index in [1.165, 1.54) is 38.5 Å². The van der Waals surface area contributed by atoms with E-state index < -0.39 is 0 Å². The van der Waals surface area contributed by atoms with E-state index in [-0.39, 0.29) is 0 Å². The average Bonchev–Trinajstić information content (AvgIpc) is 2.58. The highest BCUT2D eigenvalue weighted by Crippen LogP contribution is 2.21. The van der Waals surface area contributed by atoms with Crippen LogP contribution in [0.3, 0.4) is 0 Å².